The number of nitrogens with one attached hydrogen (secondary N) is 2. The number of carbonyl (C=O) groups excluding carboxylic acids is 2. The van der Waals surface area contributed by atoms with E-state index < -0.39 is 0 Å². The van der Waals surface area contributed by atoms with E-state index in [4.69, 9.17) is 9.47 Å². The van der Waals surface area contributed by atoms with Gasteiger partial charge < -0.3 is 19.8 Å². The highest BCUT2D eigenvalue weighted by Crippen LogP contribution is 2.13. The lowest BCUT2D eigenvalue weighted by atomic mass is 10.2. The van der Waals surface area contributed by atoms with Crippen LogP contribution in [0.5, 0.6) is 5.75 Å². The van der Waals surface area contributed by atoms with Crippen LogP contribution in [0.15, 0.2) is 48.5 Å². The number of rotatable bonds is 8. The van der Waals surface area contributed by atoms with Crippen molar-refractivity contribution < 1.29 is 19.1 Å². The highest BCUT2D eigenvalue weighted by Gasteiger charge is 2.10. The number of amides is 1. The average Bonchev–Trinajstić information content (AvgIpc) is 3.09. The van der Waals surface area contributed by atoms with E-state index in [1.165, 1.54) is 0 Å². The number of para-hydroxylation sites is 2. The number of imidazole rings is 1. The van der Waals surface area contributed by atoms with E-state index in [9.17, 15) is 9.59 Å². The summed E-state index contributed by atoms with van der Waals surface area (Å²) in [7, 11) is 0. The van der Waals surface area contributed by atoms with E-state index in [0.29, 0.717) is 24.3 Å². The number of carbonyl (C=O) groups is 2. The first-order valence-electron chi connectivity index (χ1n) is 9.15. The summed E-state index contributed by atoms with van der Waals surface area (Å²) >= 11 is 0. The number of nitrogens with zero attached hydrogens (tertiary/aromatic N) is 1. The molecule has 0 aliphatic carbocycles. The number of hydrogen-bond acceptors (Lipinski definition) is 5. The van der Waals surface area contributed by atoms with Gasteiger partial charge in [-0.15, -0.1) is 0 Å². The van der Waals surface area contributed by atoms with Crippen LogP contribution >= 0.6 is 0 Å². The van der Waals surface area contributed by atoms with E-state index in [0.717, 1.165) is 16.9 Å². The Morgan fingerprint density at radius 2 is 1.86 bits per heavy atom. The zero-order valence-corrected chi connectivity index (χ0v) is 15.9. The molecular formula is C21H23N3O4. The molecule has 28 heavy (non-hydrogen) atoms. The monoisotopic (exact) mass is 381 g/mol. The van der Waals surface area contributed by atoms with Gasteiger partial charge in [-0.1, -0.05) is 12.1 Å². The lowest BCUT2D eigenvalue weighted by molar-refractivity contribution is -0.123. The lowest BCUT2D eigenvalue weighted by Crippen LogP contribution is -2.30. The molecule has 1 heterocycles. The van der Waals surface area contributed by atoms with E-state index in [1.807, 2.05) is 24.3 Å². The van der Waals surface area contributed by atoms with Crippen molar-refractivity contribution in [1.29, 1.82) is 0 Å². The predicted octanol–water partition coefficient (Wildman–Crippen LogP) is 2.87. The molecule has 3 rings (SSSR count). The first kappa shape index (κ1) is 19.4. The Hall–Kier alpha value is -3.35. The van der Waals surface area contributed by atoms with Gasteiger partial charge in [-0.3, -0.25) is 4.79 Å². The minimum Gasteiger partial charge on any atom is -0.484 e. The van der Waals surface area contributed by atoms with E-state index in [2.05, 4.69) is 15.3 Å². The standard InChI is InChI=1S/C21H23N3O4/c1-14(2)28-21(26)15-7-9-16(10-8-15)27-13-20(25)22-12-11-19-23-17-5-3-4-6-18(17)24-19/h3-10,14H,11-13H2,1-2H3,(H,22,25)(H,23,24). The molecule has 146 valence electrons. The van der Waals surface area contributed by atoms with Gasteiger partial charge in [0.2, 0.25) is 0 Å². The van der Waals surface area contributed by atoms with Crippen LogP contribution in [0.25, 0.3) is 11.0 Å². The molecule has 0 unspecified atom stereocenters. The number of esters is 1. The molecule has 0 aliphatic rings. The number of H-pyrrole nitrogens is 1. The van der Waals surface area contributed by atoms with Crippen LogP contribution in [0.3, 0.4) is 0 Å². The van der Waals surface area contributed by atoms with Crippen molar-refractivity contribution in [3.8, 4) is 5.75 Å². The summed E-state index contributed by atoms with van der Waals surface area (Å²) < 4.78 is 10.6. The normalized spacial score (nSPS) is 10.8. The van der Waals surface area contributed by atoms with Crippen LogP contribution in [-0.2, 0) is 16.0 Å². The Morgan fingerprint density at radius 1 is 1.11 bits per heavy atom. The summed E-state index contributed by atoms with van der Waals surface area (Å²) in [5, 5.41) is 2.80. The molecule has 0 spiro atoms. The molecule has 0 radical (unpaired) electrons. The molecular weight excluding hydrogens is 358 g/mol. The first-order chi connectivity index (χ1) is 13.5. The van der Waals surface area contributed by atoms with Crippen LogP contribution in [-0.4, -0.2) is 41.1 Å². The van der Waals surface area contributed by atoms with Crippen molar-refractivity contribution in [2.75, 3.05) is 13.2 Å². The fraction of sp³-hybridized carbons (Fsp3) is 0.286. The molecule has 2 aromatic carbocycles. The van der Waals surface area contributed by atoms with Gasteiger partial charge in [0.1, 0.15) is 11.6 Å². The number of aromatic amines is 1. The van der Waals surface area contributed by atoms with Crippen LogP contribution < -0.4 is 10.1 Å². The Bertz CT molecular complexity index is 915. The Labute approximate surface area is 163 Å². The minimum absolute atomic E-state index is 0.101. The molecule has 0 aliphatic heterocycles. The van der Waals surface area contributed by atoms with Crippen LogP contribution in [0.1, 0.15) is 30.0 Å². The second-order valence-electron chi connectivity index (χ2n) is 6.57. The summed E-state index contributed by atoms with van der Waals surface area (Å²) in [5.41, 5.74) is 2.33. The van der Waals surface area contributed by atoms with Crippen LogP contribution in [0.2, 0.25) is 0 Å². The molecule has 0 bridgehead atoms. The molecule has 0 fully saturated rings. The van der Waals surface area contributed by atoms with Crippen molar-refractivity contribution in [3.05, 3.63) is 59.9 Å². The van der Waals surface area contributed by atoms with Gasteiger partial charge in [-0.2, -0.15) is 0 Å². The highest BCUT2D eigenvalue weighted by atomic mass is 16.5. The highest BCUT2D eigenvalue weighted by molar-refractivity contribution is 5.89. The molecule has 0 atom stereocenters. The Kier molecular flexibility index (Phi) is 6.26. The average molecular weight is 381 g/mol. The Balaban J connectivity index is 1.41. The third-order valence-electron chi connectivity index (χ3n) is 3.93. The summed E-state index contributed by atoms with van der Waals surface area (Å²) in [6, 6.07) is 14.3. The minimum atomic E-state index is -0.384. The number of ether oxygens (including phenoxy) is 2. The fourth-order valence-electron chi connectivity index (χ4n) is 2.61. The third-order valence-corrected chi connectivity index (χ3v) is 3.93. The molecule has 0 saturated heterocycles. The predicted molar refractivity (Wildman–Crippen MR) is 105 cm³/mol. The van der Waals surface area contributed by atoms with Gasteiger partial charge in [0.05, 0.1) is 22.7 Å². The maximum atomic E-state index is 11.9. The second kappa shape index (κ2) is 9.03. The van der Waals surface area contributed by atoms with Crippen molar-refractivity contribution in [2.24, 2.45) is 0 Å². The Morgan fingerprint density at radius 3 is 2.57 bits per heavy atom. The lowest BCUT2D eigenvalue weighted by Gasteiger charge is -2.09. The molecule has 7 nitrogen and oxygen atoms in total. The first-order valence-corrected chi connectivity index (χ1v) is 9.15. The molecule has 3 aromatic rings. The molecule has 1 aromatic heterocycles. The van der Waals surface area contributed by atoms with E-state index in [1.54, 1.807) is 38.1 Å². The second-order valence-corrected chi connectivity index (χ2v) is 6.57. The van der Waals surface area contributed by atoms with E-state index in [-0.39, 0.29) is 24.6 Å². The van der Waals surface area contributed by atoms with Crippen molar-refractivity contribution in [2.45, 2.75) is 26.4 Å². The topological polar surface area (TPSA) is 93.3 Å². The van der Waals surface area contributed by atoms with Gasteiger partial charge in [-0.05, 0) is 50.2 Å². The number of benzene rings is 2. The van der Waals surface area contributed by atoms with Gasteiger partial charge >= 0.3 is 5.97 Å². The number of fused-ring (bicyclic) bond motifs is 1. The van der Waals surface area contributed by atoms with Crippen LogP contribution in [0, 0.1) is 0 Å². The fourth-order valence-corrected chi connectivity index (χ4v) is 2.61. The zero-order chi connectivity index (χ0) is 19.9. The maximum Gasteiger partial charge on any atom is 0.338 e. The SMILES string of the molecule is CC(C)OC(=O)c1ccc(OCC(=O)NCCc2nc3ccccc3[nH]2)cc1. The summed E-state index contributed by atoms with van der Waals surface area (Å²) in [6.45, 7) is 3.95. The number of aromatic nitrogens is 2. The zero-order valence-electron chi connectivity index (χ0n) is 15.9. The van der Waals surface area contributed by atoms with Crippen molar-refractivity contribution >= 4 is 22.9 Å². The quantitative estimate of drug-likeness (QED) is 0.585. The van der Waals surface area contributed by atoms with Crippen LogP contribution in [0.4, 0.5) is 0 Å². The smallest absolute Gasteiger partial charge is 0.338 e. The summed E-state index contributed by atoms with van der Waals surface area (Å²) in [6.07, 6.45) is 0.430. The van der Waals surface area contributed by atoms with Gasteiger partial charge in [0.25, 0.3) is 5.91 Å². The number of hydrogen-bond donors (Lipinski definition) is 2. The van der Waals surface area contributed by atoms with E-state index >= 15 is 0 Å². The van der Waals surface area contributed by atoms with Crippen molar-refractivity contribution in [1.82, 2.24) is 15.3 Å². The van der Waals surface area contributed by atoms with Gasteiger partial charge in [-0.25, -0.2) is 9.78 Å². The maximum absolute atomic E-state index is 11.9. The molecule has 0 saturated carbocycles. The summed E-state index contributed by atoms with van der Waals surface area (Å²) in [4.78, 5) is 31.4. The molecule has 7 heteroatoms. The van der Waals surface area contributed by atoms with Gasteiger partial charge in [0.15, 0.2) is 6.61 Å². The van der Waals surface area contributed by atoms with Crippen molar-refractivity contribution in [3.63, 3.8) is 0 Å². The third kappa shape index (κ3) is 5.33. The molecule has 1 amide bonds. The largest absolute Gasteiger partial charge is 0.484 e. The summed E-state index contributed by atoms with van der Waals surface area (Å²) in [5.74, 6) is 0.726. The van der Waals surface area contributed by atoms with Gasteiger partial charge in [0, 0.05) is 13.0 Å². The molecule has 2 N–H and O–H groups in total.